The molecule has 3 unspecified atom stereocenters. The molecule has 1 aliphatic carbocycles. The van der Waals surface area contributed by atoms with Gasteiger partial charge in [-0.2, -0.15) is 0 Å². The van der Waals surface area contributed by atoms with Crippen LogP contribution in [0.5, 0.6) is 5.88 Å². The van der Waals surface area contributed by atoms with Crippen molar-refractivity contribution in [2.24, 2.45) is 5.92 Å². The van der Waals surface area contributed by atoms with Crippen LogP contribution >= 0.6 is 0 Å². The molecule has 0 aromatic carbocycles. The summed E-state index contributed by atoms with van der Waals surface area (Å²) in [5.74, 6) is 0.733. The third kappa shape index (κ3) is 4.98. The Morgan fingerprint density at radius 3 is 3.09 bits per heavy atom. The topological polar surface area (TPSA) is 71.5 Å². The molecule has 0 spiro atoms. The fraction of sp³-hybridized carbons (Fsp3) is 0.647. The predicted molar refractivity (Wildman–Crippen MR) is 84.9 cm³/mol. The zero-order valence-corrected chi connectivity index (χ0v) is 13.4. The molecule has 1 aliphatic rings. The highest BCUT2D eigenvalue weighted by atomic mass is 16.5. The zero-order valence-electron chi connectivity index (χ0n) is 13.4. The Balaban J connectivity index is 1.87. The summed E-state index contributed by atoms with van der Waals surface area (Å²) in [7, 11) is 0. The summed E-state index contributed by atoms with van der Waals surface area (Å²) in [4.78, 5) is 16.4. The number of hydrogen-bond acceptors (Lipinski definition) is 4. The second kappa shape index (κ2) is 8.13. The van der Waals surface area contributed by atoms with Crippen LogP contribution in [-0.4, -0.2) is 34.8 Å². The largest absolute Gasteiger partial charge is 0.475 e. The quantitative estimate of drug-likeness (QED) is 0.847. The maximum absolute atomic E-state index is 12.2. The minimum absolute atomic E-state index is 0.0783. The Kier molecular flexibility index (Phi) is 6.19. The van der Waals surface area contributed by atoms with Gasteiger partial charge in [-0.25, -0.2) is 4.98 Å². The summed E-state index contributed by atoms with van der Waals surface area (Å²) >= 11 is 0. The van der Waals surface area contributed by atoms with Gasteiger partial charge in [-0.3, -0.25) is 4.79 Å². The van der Waals surface area contributed by atoms with Crippen LogP contribution < -0.4 is 10.1 Å². The van der Waals surface area contributed by atoms with E-state index in [1.165, 1.54) is 0 Å². The third-order valence-electron chi connectivity index (χ3n) is 4.20. The SMILES string of the molecule is CCC(C)Oc1cc(C(=O)NCC2CCCC(O)C2)ccn1. The first-order valence-electron chi connectivity index (χ1n) is 8.17. The van der Waals surface area contributed by atoms with Crippen molar-refractivity contribution in [3.63, 3.8) is 0 Å². The van der Waals surface area contributed by atoms with E-state index in [2.05, 4.69) is 10.3 Å². The van der Waals surface area contributed by atoms with Crippen LogP contribution in [0.4, 0.5) is 0 Å². The van der Waals surface area contributed by atoms with Gasteiger partial charge in [0.2, 0.25) is 5.88 Å². The van der Waals surface area contributed by atoms with E-state index in [0.29, 0.717) is 23.9 Å². The first-order chi connectivity index (χ1) is 10.6. The molecule has 22 heavy (non-hydrogen) atoms. The smallest absolute Gasteiger partial charge is 0.251 e. The number of aliphatic hydroxyl groups is 1. The minimum atomic E-state index is -0.216. The van der Waals surface area contributed by atoms with Crippen molar-refractivity contribution in [1.82, 2.24) is 10.3 Å². The highest BCUT2D eigenvalue weighted by molar-refractivity contribution is 5.94. The van der Waals surface area contributed by atoms with Crippen LogP contribution in [0.1, 0.15) is 56.3 Å². The number of pyridine rings is 1. The lowest BCUT2D eigenvalue weighted by molar-refractivity contribution is 0.0873. The molecular weight excluding hydrogens is 280 g/mol. The van der Waals surface area contributed by atoms with Gasteiger partial charge in [-0.05, 0) is 44.6 Å². The lowest BCUT2D eigenvalue weighted by Crippen LogP contribution is -2.33. The number of ether oxygens (including phenoxy) is 1. The number of carbonyl (C=O) groups is 1. The van der Waals surface area contributed by atoms with Gasteiger partial charge < -0.3 is 15.2 Å². The van der Waals surface area contributed by atoms with Gasteiger partial charge in [0.25, 0.3) is 5.91 Å². The Hall–Kier alpha value is -1.62. The molecule has 1 aromatic heterocycles. The number of nitrogens with zero attached hydrogens (tertiary/aromatic N) is 1. The van der Waals surface area contributed by atoms with Crippen molar-refractivity contribution in [1.29, 1.82) is 0 Å². The molecule has 5 nitrogen and oxygen atoms in total. The molecule has 1 fully saturated rings. The number of nitrogens with one attached hydrogen (secondary N) is 1. The number of aliphatic hydroxyl groups excluding tert-OH is 1. The summed E-state index contributed by atoms with van der Waals surface area (Å²) in [6.45, 7) is 4.63. The average Bonchev–Trinajstić information content (AvgIpc) is 2.53. The molecular formula is C17H26N2O3. The highest BCUT2D eigenvalue weighted by Gasteiger charge is 2.20. The average molecular weight is 306 g/mol. The molecule has 5 heteroatoms. The molecule has 1 heterocycles. The molecule has 0 radical (unpaired) electrons. The fourth-order valence-corrected chi connectivity index (χ4v) is 2.69. The maximum Gasteiger partial charge on any atom is 0.251 e. The molecule has 0 saturated heterocycles. The Morgan fingerprint density at radius 1 is 1.55 bits per heavy atom. The van der Waals surface area contributed by atoms with E-state index in [1.54, 1.807) is 18.3 Å². The lowest BCUT2D eigenvalue weighted by atomic mass is 9.87. The number of rotatable bonds is 6. The van der Waals surface area contributed by atoms with Crippen molar-refractivity contribution >= 4 is 5.91 Å². The highest BCUT2D eigenvalue weighted by Crippen LogP contribution is 2.23. The first kappa shape index (κ1) is 16.7. The van der Waals surface area contributed by atoms with E-state index in [-0.39, 0.29) is 18.1 Å². The molecule has 0 bridgehead atoms. The molecule has 0 aliphatic heterocycles. The summed E-state index contributed by atoms with van der Waals surface area (Å²) in [5, 5.41) is 12.6. The Labute approximate surface area is 132 Å². The van der Waals surface area contributed by atoms with Gasteiger partial charge in [0.15, 0.2) is 0 Å². The number of amides is 1. The van der Waals surface area contributed by atoms with Gasteiger partial charge in [0.1, 0.15) is 0 Å². The predicted octanol–water partition coefficient (Wildman–Crippen LogP) is 2.54. The Morgan fingerprint density at radius 2 is 2.36 bits per heavy atom. The normalized spacial score (nSPS) is 22.9. The number of aromatic nitrogens is 1. The van der Waals surface area contributed by atoms with Crippen molar-refractivity contribution in [3.05, 3.63) is 23.9 Å². The molecule has 1 saturated carbocycles. The third-order valence-corrected chi connectivity index (χ3v) is 4.20. The van der Waals surface area contributed by atoms with Crippen LogP contribution in [0.25, 0.3) is 0 Å². The zero-order chi connectivity index (χ0) is 15.9. The van der Waals surface area contributed by atoms with Crippen LogP contribution in [0, 0.1) is 5.92 Å². The van der Waals surface area contributed by atoms with Gasteiger partial charge in [-0.15, -0.1) is 0 Å². The molecule has 1 aromatic rings. The monoisotopic (exact) mass is 306 g/mol. The molecule has 2 N–H and O–H groups in total. The minimum Gasteiger partial charge on any atom is -0.475 e. The van der Waals surface area contributed by atoms with Gasteiger partial charge >= 0.3 is 0 Å². The van der Waals surface area contributed by atoms with E-state index in [9.17, 15) is 9.90 Å². The van der Waals surface area contributed by atoms with Gasteiger partial charge in [0.05, 0.1) is 12.2 Å². The molecule has 3 atom stereocenters. The summed E-state index contributed by atoms with van der Waals surface area (Å²) < 4.78 is 5.64. The molecule has 2 rings (SSSR count). The van der Waals surface area contributed by atoms with Crippen molar-refractivity contribution in [2.75, 3.05) is 6.54 Å². The summed E-state index contributed by atoms with van der Waals surface area (Å²) in [6, 6.07) is 3.37. The van der Waals surface area contributed by atoms with Crippen LogP contribution in [0.15, 0.2) is 18.3 Å². The van der Waals surface area contributed by atoms with Crippen molar-refractivity contribution < 1.29 is 14.6 Å². The Bertz CT molecular complexity index is 493. The lowest BCUT2D eigenvalue weighted by Gasteiger charge is -2.25. The summed E-state index contributed by atoms with van der Waals surface area (Å²) in [5.41, 5.74) is 0.560. The van der Waals surface area contributed by atoms with E-state index in [4.69, 9.17) is 4.74 Å². The fourth-order valence-electron chi connectivity index (χ4n) is 2.69. The first-order valence-corrected chi connectivity index (χ1v) is 8.17. The standard InChI is InChI=1S/C17H26N2O3/c1-3-12(2)22-16-10-14(7-8-18-16)17(21)19-11-13-5-4-6-15(20)9-13/h7-8,10,12-13,15,20H,3-6,9,11H2,1-2H3,(H,19,21). The van der Waals surface area contributed by atoms with Crippen molar-refractivity contribution in [2.45, 2.75) is 58.2 Å². The molecule has 1 amide bonds. The van der Waals surface area contributed by atoms with E-state index >= 15 is 0 Å². The molecule has 122 valence electrons. The second-order valence-corrected chi connectivity index (χ2v) is 6.12. The second-order valence-electron chi connectivity index (χ2n) is 6.12. The van der Waals surface area contributed by atoms with Crippen LogP contribution in [0.3, 0.4) is 0 Å². The van der Waals surface area contributed by atoms with Crippen LogP contribution in [0.2, 0.25) is 0 Å². The summed E-state index contributed by atoms with van der Waals surface area (Å²) in [6.07, 6.45) is 6.10. The number of hydrogen-bond donors (Lipinski definition) is 2. The van der Waals surface area contributed by atoms with Gasteiger partial charge in [-0.1, -0.05) is 13.3 Å². The van der Waals surface area contributed by atoms with E-state index < -0.39 is 0 Å². The van der Waals surface area contributed by atoms with E-state index in [0.717, 1.165) is 32.1 Å². The van der Waals surface area contributed by atoms with Gasteiger partial charge in [0, 0.05) is 24.4 Å². The van der Waals surface area contributed by atoms with E-state index in [1.807, 2.05) is 13.8 Å². The number of carbonyl (C=O) groups excluding carboxylic acids is 1. The van der Waals surface area contributed by atoms with Crippen molar-refractivity contribution in [3.8, 4) is 5.88 Å². The van der Waals surface area contributed by atoms with Crippen LogP contribution in [-0.2, 0) is 0 Å². The maximum atomic E-state index is 12.2.